The van der Waals surface area contributed by atoms with Gasteiger partial charge < -0.3 is 4.90 Å². The van der Waals surface area contributed by atoms with Crippen LogP contribution in [0.3, 0.4) is 0 Å². The third-order valence-electron chi connectivity index (χ3n) is 3.87. The second-order valence-corrected chi connectivity index (χ2v) is 5.25. The molecule has 1 aromatic heterocycles. The number of hydrogen-bond acceptors (Lipinski definition) is 3. The average molecular weight is 272 g/mol. The number of H-pyrrole nitrogens is 1. The molecule has 5 nitrogen and oxygen atoms in total. The summed E-state index contributed by atoms with van der Waals surface area (Å²) in [6.45, 7) is 6.81. The molecule has 0 radical (unpaired) electrons. The van der Waals surface area contributed by atoms with E-state index in [0.717, 1.165) is 50.0 Å². The average Bonchev–Trinajstić information content (AvgIpc) is 2.92. The second-order valence-electron chi connectivity index (χ2n) is 5.25. The maximum atomic E-state index is 12.6. The number of amides is 1. The number of carbonyl (C=O) groups is 1. The predicted molar refractivity (Wildman–Crippen MR) is 78.7 cm³/mol. The van der Waals surface area contributed by atoms with Crippen molar-refractivity contribution in [2.24, 2.45) is 0 Å². The number of nitrogens with zero attached hydrogens (tertiary/aromatic N) is 3. The Labute approximate surface area is 118 Å². The number of benzene rings is 1. The molecular weight excluding hydrogens is 252 g/mol. The van der Waals surface area contributed by atoms with Crippen molar-refractivity contribution in [2.45, 2.75) is 13.3 Å². The van der Waals surface area contributed by atoms with Crippen LogP contribution in [-0.4, -0.2) is 58.6 Å². The smallest absolute Gasteiger partial charge is 0.275 e. The van der Waals surface area contributed by atoms with Crippen molar-refractivity contribution in [1.82, 2.24) is 20.0 Å². The van der Waals surface area contributed by atoms with Gasteiger partial charge in [0.05, 0.1) is 5.52 Å². The lowest BCUT2D eigenvalue weighted by molar-refractivity contribution is 0.0633. The summed E-state index contributed by atoms with van der Waals surface area (Å²) in [5.41, 5.74) is 1.46. The van der Waals surface area contributed by atoms with Crippen LogP contribution < -0.4 is 0 Å². The highest BCUT2D eigenvalue weighted by Crippen LogP contribution is 2.17. The third-order valence-corrected chi connectivity index (χ3v) is 3.87. The van der Waals surface area contributed by atoms with Crippen LogP contribution in [0.2, 0.25) is 0 Å². The molecular formula is C15H20N4O. The Morgan fingerprint density at radius 2 is 2.00 bits per heavy atom. The van der Waals surface area contributed by atoms with E-state index < -0.39 is 0 Å². The first-order chi connectivity index (χ1) is 9.79. The zero-order valence-corrected chi connectivity index (χ0v) is 11.8. The molecule has 0 spiro atoms. The van der Waals surface area contributed by atoms with Gasteiger partial charge in [-0.25, -0.2) is 0 Å². The standard InChI is InChI=1S/C15H20N4O/c1-2-7-18-8-10-19(11-9-18)15(20)14-12-5-3-4-6-13(12)16-17-14/h3-6H,2,7-11H2,1H3,(H,16,17). The summed E-state index contributed by atoms with van der Waals surface area (Å²) >= 11 is 0. The Morgan fingerprint density at radius 1 is 1.25 bits per heavy atom. The van der Waals surface area contributed by atoms with Gasteiger partial charge in [0.15, 0.2) is 5.69 Å². The quantitative estimate of drug-likeness (QED) is 0.926. The Balaban J connectivity index is 1.74. The molecule has 0 aliphatic carbocycles. The minimum absolute atomic E-state index is 0.0404. The maximum Gasteiger partial charge on any atom is 0.275 e. The zero-order chi connectivity index (χ0) is 13.9. The molecule has 2 aromatic rings. The number of nitrogens with one attached hydrogen (secondary N) is 1. The van der Waals surface area contributed by atoms with Crippen molar-refractivity contribution < 1.29 is 4.79 Å². The third kappa shape index (κ3) is 2.41. The Hall–Kier alpha value is -1.88. The summed E-state index contributed by atoms with van der Waals surface area (Å²) in [5, 5.41) is 8.04. The number of aromatic amines is 1. The van der Waals surface area contributed by atoms with Crippen molar-refractivity contribution in [3.8, 4) is 0 Å². The van der Waals surface area contributed by atoms with Crippen LogP contribution in [0.25, 0.3) is 10.9 Å². The van der Waals surface area contributed by atoms with Gasteiger partial charge in [0.2, 0.25) is 0 Å². The molecule has 1 aliphatic rings. The van der Waals surface area contributed by atoms with Gasteiger partial charge in [0.25, 0.3) is 5.91 Å². The molecule has 1 aliphatic heterocycles. The van der Waals surface area contributed by atoms with Crippen molar-refractivity contribution in [3.05, 3.63) is 30.0 Å². The van der Waals surface area contributed by atoms with Gasteiger partial charge in [-0.3, -0.25) is 14.8 Å². The van der Waals surface area contributed by atoms with Crippen molar-refractivity contribution in [1.29, 1.82) is 0 Å². The van der Waals surface area contributed by atoms with Gasteiger partial charge >= 0.3 is 0 Å². The first-order valence-corrected chi connectivity index (χ1v) is 7.24. The van der Waals surface area contributed by atoms with Crippen LogP contribution in [0, 0.1) is 0 Å². The van der Waals surface area contributed by atoms with E-state index in [1.165, 1.54) is 0 Å². The largest absolute Gasteiger partial charge is 0.335 e. The van der Waals surface area contributed by atoms with Crippen molar-refractivity contribution >= 4 is 16.8 Å². The summed E-state index contributed by atoms with van der Waals surface area (Å²) in [6, 6.07) is 7.77. The van der Waals surface area contributed by atoms with E-state index in [1.807, 2.05) is 29.2 Å². The van der Waals surface area contributed by atoms with E-state index in [9.17, 15) is 4.79 Å². The number of aromatic nitrogens is 2. The second kappa shape index (κ2) is 5.63. The lowest BCUT2D eigenvalue weighted by atomic mass is 10.2. The fourth-order valence-corrected chi connectivity index (χ4v) is 2.77. The number of piperazine rings is 1. The van der Waals surface area contributed by atoms with Gasteiger partial charge in [-0.05, 0) is 19.0 Å². The summed E-state index contributed by atoms with van der Waals surface area (Å²) in [4.78, 5) is 16.9. The Kier molecular flexibility index (Phi) is 3.69. The van der Waals surface area contributed by atoms with Gasteiger partial charge in [-0.15, -0.1) is 0 Å². The predicted octanol–water partition coefficient (Wildman–Crippen LogP) is 1.73. The number of rotatable bonds is 3. The van der Waals surface area contributed by atoms with E-state index in [4.69, 9.17) is 0 Å². The van der Waals surface area contributed by atoms with E-state index in [0.29, 0.717) is 5.69 Å². The molecule has 2 heterocycles. The van der Waals surface area contributed by atoms with Crippen LogP contribution in [-0.2, 0) is 0 Å². The molecule has 0 saturated carbocycles. The molecule has 0 unspecified atom stereocenters. The Morgan fingerprint density at radius 3 is 2.75 bits per heavy atom. The molecule has 1 saturated heterocycles. The molecule has 20 heavy (non-hydrogen) atoms. The molecule has 5 heteroatoms. The highest BCUT2D eigenvalue weighted by molar-refractivity contribution is 6.04. The van der Waals surface area contributed by atoms with Gasteiger partial charge in [0, 0.05) is 31.6 Å². The molecule has 3 rings (SSSR count). The summed E-state index contributed by atoms with van der Waals surface area (Å²) in [6.07, 6.45) is 1.16. The van der Waals surface area contributed by atoms with Crippen LogP contribution >= 0.6 is 0 Å². The van der Waals surface area contributed by atoms with Gasteiger partial charge in [-0.2, -0.15) is 5.10 Å². The van der Waals surface area contributed by atoms with E-state index >= 15 is 0 Å². The Bertz CT molecular complexity index is 599. The molecule has 1 fully saturated rings. The van der Waals surface area contributed by atoms with Crippen LogP contribution in [0.5, 0.6) is 0 Å². The zero-order valence-electron chi connectivity index (χ0n) is 11.8. The van der Waals surface area contributed by atoms with Gasteiger partial charge in [0.1, 0.15) is 0 Å². The SMILES string of the molecule is CCCN1CCN(C(=O)c2n[nH]c3ccccc23)CC1. The number of fused-ring (bicyclic) bond motifs is 1. The number of para-hydroxylation sites is 1. The molecule has 106 valence electrons. The number of hydrogen-bond donors (Lipinski definition) is 1. The van der Waals surface area contributed by atoms with Crippen LogP contribution in [0.4, 0.5) is 0 Å². The minimum atomic E-state index is 0.0404. The first-order valence-electron chi connectivity index (χ1n) is 7.24. The van der Waals surface area contributed by atoms with E-state index in [2.05, 4.69) is 22.0 Å². The molecule has 1 N–H and O–H groups in total. The lowest BCUT2D eigenvalue weighted by Gasteiger charge is -2.34. The topological polar surface area (TPSA) is 52.2 Å². The van der Waals surface area contributed by atoms with Crippen LogP contribution in [0.15, 0.2) is 24.3 Å². The molecule has 1 aromatic carbocycles. The van der Waals surface area contributed by atoms with E-state index in [1.54, 1.807) is 0 Å². The normalized spacial score (nSPS) is 16.8. The van der Waals surface area contributed by atoms with Gasteiger partial charge in [-0.1, -0.05) is 25.1 Å². The lowest BCUT2D eigenvalue weighted by Crippen LogP contribution is -2.48. The van der Waals surface area contributed by atoms with Crippen LogP contribution in [0.1, 0.15) is 23.8 Å². The molecule has 1 amide bonds. The number of carbonyl (C=O) groups excluding carboxylic acids is 1. The molecule has 0 atom stereocenters. The summed E-state index contributed by atoms with van der Waals surface area (Å²) in [5.74, 6) is 0.0404. The van der Waals surface area contributed by atoms with Crippen molar-refractivity contribution in [3.63, 3.8) is 0 Å². The fraction of sp³-hybridized carbons (Fsp3) is 0.467. The summed E-state index contributed by atoms with van der Waals surface area (Å²) < 4.78 is 0. The highest BCUT2D eigenvalue weighted by atomic mass is 16.2. The van der Waals surface area contributed by atoms with Crippen molar-refractivity contribution in [2.75, 3.05) is 32.7 Å². The fourth-order valence-electron chi connectivity index (χ4n) is 2.77. The highest BCUT2D eigenvalue weighted by Gasteiger charge is 2.24. The first kappa shape index (κ1) is 13.1. The monoisotopic (exact) mass is 272 g/mol. The van der Waals surface area contributed by atoms with E-state index in [-0.39, 0.29) is 5.91 Å². The maximum absolute atomic E-state index is 12.6. The molecule has 0 bridgehead atoms. The summed E-state index contributed by atoms with van der Waals surface area (Å²) in [7, 11) is 0. The minimum Gasteiger partial charge on any atom is -0.335 e.